The normalized spacial score (nSPS) is 11.9. The molecule has 1 unspecified atom stereocenters. The van der Waals surface area contributed by atoms with Crippen molar-refractivity contribution in [3.05, 3.63) is 82.5 Å². The smallest absolute Gasteiger partial charge is 0.273 e. The number of nitrogens with two attached hydrogens (primary N) is 1. The molecular formula is C19H18ClN3O3. The molecule has 0 radical (unpaired) electrons. The fraction of sp³-hybridized carbons (Fsp3) is 0.158. The maximum absolute atomic E-state index is 12.2. The van der Waals surface area contributed by atoms with Crippen LogP contribution in [0.2, 0.25) is 5.02 Å². The number of nitrogens with zero attached hydrogens (tertiary/aromatic N) is 1. The first kappa shape index (κ1) is 18.0. The van der Waals surface area contributed by atoms with Crippen molar-refractivity contribution < 1.29 is 14.3 Å². The second-order valence-electron chi connectivity index (χ2n) is 5.86. The van der Waals surface area contributed by atoms with Crippen molar-refractivity contribution >= 4 is 17.5 Å². The van der Waals surface area contributed by atoms with Gasteiger partial charge < -0.3 is 20.6 Å². The van der Waals surface area contributed by atoms with Gasteiger partial charge in [-0.2, -0.15) is 0 Å². The summed E-state index contributed by atoms with van der Waals surface area (Å²) in [4.78, 5) is 16.4. The summed E-state index contributed by atoms with van der Waals surface area (Å²) >= 11 is 5.92. The van der Waals surface area contributed by atoms with Crippen molar-refractivity contribution in [1.29, 1.82) is 0 Å². The van der Waals surface area contributed by atoms with Crippen LogP contribution in [0.3, 0.4) is 0 Å². The van der Waals surface area contributed by atoms with Gasteiger partial charge in [0.2, 0.25) is 5.89 Å². The van der Waals surface area contributed by atoms with Gasteiger partial charge in [0.25, 0.3) is 5.91 Å². The van der Waals surface area contributed by atoms with Crippen LogP contribution in [-0.2, 0) is 13.0 Å². The minimum Gasteiger partial charge on any atom is -0.508 e. The Kier molecular flexibility index (Phi) is 5.55. The predicted molar refractivity (Wildman–Crippen MR) is 97.9 cm³/mol. The van der Waals surface area contributed by atoms with E-state index in [9.17, 15) is 9.90 Å². The lowest BCUT2D eigenvalue weighted by Crippen LogP contribution is -2.23. The lowest BCUT2D eigenvalue weighted by atomic mass is 10.1. The molecule has 7 heteroatoms. The number of hydrogen-bond donors (Lipinski definition) is 3. The van der Waals surface area contributed by atoms with Crippen molar-refractivity contribution in [2.45, 2.75) is 19.0 Å². The maximum Gasteiger partial charge on any atom is 0.273 e. The maximum atomic E-state index is 12.2. The summed E-state index contributed by atoms with van der Waals surface area (Å²) in [7, 11) is 0. The van der Waals surface area contributed by atoms with E-state index in [4.69, 9.17) is 21.8 Å². The molecule has 1 heterocycles. The van der Waals surface area contributed by atoms with Gasteiger partial charge in [0, 0.05) is 11.6 Å². The first-order chi connectivity index (χ1) is 12.5. The lowest BCUT2D eigenvalue weighted by Gasteiger charge is -2.07. The zero-order valence-corrected chi connectivity index (χ0v) is 14.6. The van der Waals surface area contributed by atoms with E-state index in [1.165, 1.54) is 6.26 Å². The van der Waals surface area contributed by atoms with Gasteiger partial charge >= 0.3 is 0 Å². The Balaban J connectivity index is 1.59. The van der Waals surface area contributed by atoms with Crippen LogP contribution in [0.25, 0.3) is 0 Å². The van der Waals surface area contributed by atoms with Crippen molar-refractivity contribution in [2.75, 3.05) is 0 Å². The number of phenols is 1. The molecule has 4 N–H and O–H groups in total. The SMILES string of the molecule is NC(Cc1ccc(O)cc1)c1nc(C(=O)NCc2cccc(Cl)c2)co1. The highest BCUT2D eigenvalue weighted by molar-refractivity contribution is 6.30. The molecule has 0 saturated heterocycles. The van der Waals surface area contributed by atoms with Crippen LogP contribution >= 0.6 is 11.6 Å². The highest BCUT2D eigenvalue weighted by Gasteiger charge is 2.17. The van der Waals surface area contributed by atoms with Crippen molar-refractivity contribution in [3.63, 3.8) is 0 Å². The third-order valence-corrected chi connectivity index (χ3v) is 4.04. The van der Waals surface area contributed by atoms with Gasteiger partial charge in [-0.15, -0.1) is 0 Å². The summed E-state index contributed by atoms with van der Waals surface area (Å²) in [5.74, 6) is 0.125. The quantitative estimate of drug-likeness (QED) is 0.617. The molecule has 3 aromatic rings. The number of phenolic OH excluding ortho intramolecular Hbond substituents is 1. The summed E-state index contributed by atoms with van der Waals surface area (Å²) < 4.78 is 5.35. The van der Waals surface area contributed by atoms with E-state index in [0.717, 1.165) is 11.1 Å². The largest absolute Gasteiger partial charge is 0.508 e. The number of aromatic hydroxyl groups is 1. The molecular weight excluding hydrogens is 354 g/mol. The Hall–Kier alpha value is -2.83. The topological polar surface area (TPSA) is 101 Å². The monoisotopic (exact) mass is 371 g/mol. The highest BCUT2D eigenvalue weighted by atomic mass is 35.5. The first-order valence-corrected chi connectivity index (χ1v) is 8.40. The Morgan fingerprint density at radius 1 is 1.23 bits per heavy atom. The number of amides is 1. The van der Waals surface area contributed by atoms with Crippen LogP contribution in [-0.4, -0.2) is 16.0 Å². The zero-order valence-electron chi connectivity index (χ0n) is 13.9. The summed E-state index contributed by atoms with van der Waals surface area (Å²) in [5, 5.41) is 12.7. The summed E-state index contributed by atoms with van der Waals surface area (Å²) in [5.41, 5.74) is 8.08. The number of carbonyl (C=O) groups excluding carboxylic acids is 1. The van der Waals surface area contributed by atoms with E-state index in [-0.39, 0.29) is 23.2 Å². The van der Waals surface area contributed by atoms with Crippen molar-refractivity contribution in [1.82, 2.24) is 10.3 Å². The number of rotatable bonds is 6. The second-order valence-corrected chi connectivity index (χ2v) is 6.30. The first-order valence-electron chi connectivity index (χ1n) is 8.03. The molecule has 1 amide bonds. The van der Waals surface area contributed by atoms with Crippen LogP contribution in [0.15, 0.2) is 59.2 Å². The summed E-state index contributed by atoms with van der Waals surface area (Å²) in [6, 6.07) is 13.5. The van der Waals surface area contributed by atoms with Gasteiger partial charge in [-0.05, 0) is 41.8 Å². The number of hydrogen-bond acceptors (Lipinski definition) is 5. The molecule has 134 valence electrons. The Morgan fingerprint density at radius 3 is 2.73 bits per heavy atom. The molecule has 6 nitrogen and oxygen atoms in total. The molecule has 0 spiro atoms. The number of oxazole rings is 1. The standard InChI is InChI=1S/C19H18ClN3O3/c20-14-3-1-2-13(8-14)10-22-18(25)17-11-26-19(23-17)16(21)9-12-4-6-15(24)7-5-12/h1-8,11,16,24H,9-10,21H2,(H,22,25). The number of carbonyl (C=O) groups is 1. The molecule has 0 saturated carbocycles. The number of benzene rings is 2. The van der Waals surface area contributed by atoms with E-state index in [1.54, 1.807) is 36.4 Å². The summed E-state index contributed by atoms with van der Waals surface area (Å²) in [6.45, 7) is 0.334. The molecule has 0 aliphatic carbocycles. The molecule has 2 aromatic carbocycles. The van der Waals surface area contributed by atoms with Crippen LogP contribution in [0.5, 0.6) is 5.75 Å². The van der Waals surface area contributed by atoms with E-state index >= 15 is 0 Å². The van der Waals surface area contributed by atoms with E-state index in [0.29, 0.717) is 18.0 Å². The van der Waals surface area contributed by atoms with Crippen LogP contribution in [0, 0.1) is 0 Å². The van der Waals surface area contributed by atoms with Crippen LogP contribution < -0.4 is 11.1 Å². The van der Waals surface area contributed by atoms with Crippen molar-refractivity contribution in [2.24, 2.45) is 5.73 Å². The van der Waals surface area contributed by atoms with Crippen LogP contribution in [0.1, 0.15) is 33.5 Å². The highest BCUT2D eigenvalue weighted by Crippen LogP contribution is 2.18. The van der Waals surface area contributed by atoms with Crippen molar-refractivity contribution in [3.8, 4) is 5.75 Å². The van der Waals surface area contributed by atoms with Crippen LogP contribution in [0.4, 0.5) is 0 Å². The molecule has 0 fully saturated rings. The Labute approximate surface area is 155 Å². The molecule has 1 atom stereocenters. The Bertz CT molecular complexity index is 893. The molecule has 0 bridgehead atoms. The predicted octanol–water partition coefficient (Wildman–Crippen LogP) is 3.21. The van der Waals surface area contributed by atoms with Gasteiger partial charge in [0.1, 0.15) is 12.0 Å². The third-order valence-electron chi connectivity index (χ3n) is 3.81. The average molecular weight is 372 g/mol. The third kappa shape index (κ3) is 4.62. The van der Waals surface area contributed by atoms with Gasteiger partial charge in [-0.3, -0.25) is 4.79 Å². The lowest BCUT2D eigenvalue weighted by molar-refractivity contribution is 0.0946. The molecule has 3 rings (SSSR count). The van der Waals surface area contributed by atoms with E-state index < -0.39 is 6.04 Å². The summed E-state index contributed by atoms with van der Waals surface area (Å²) in [6.07, 6.45) is 1.77. The zero-order chi connectivity index (χ0) is 18.5. The Morgan fingerprint density at radius 2 is 2.00 bits per heavy atom. The van der Waals surface area contributed by atoms with E-state index in [2.05, 4.69) is 10.3 Å². The molecule has 0 aliphatic heterocycles. The second kappa shape index (κ2) is 8.03. The van der Waals surface area contributed by atoms with Gasteiger partial charge in [0.15, 0.2) is 5.69 Å². The van der Waals surface area contributed by atoms with E-state index in [1.807, 2.05) is 12.1 Å². The molecule has 1 aromatic heterocycles. The molecule has 0 aliphatic rings. The fourth-order valence-electron chi connectivity index (χ4n) is 2.46. The number of nitrogens with one attached hydrogen (secondary N) is 1. The van der Waals surface area contributed by atoms with Gasteiger partial charge in [-0.25, -0.2) is 4.98 Å². The fourth-order valence-corrected chi connectivity index (χ4v) is 2.67. The molecule has 26 heavy (non-hydrogen) atoms. The average Bonchev–Trinajstić information content (AvgIpc) is 3.12. The minimum absolute atomic E-state index is 0.170. The van der Waals surface area contributed by atoms with Gasteiger partial charge in [-0.1, -0.05) is 35.9 Å². The number of halogens is 1. The minimum atomic E-state index is -0.492. The number of aromatic nitrogens is 1. The van der Waals surface area contributed by atoms with Gasteiger partial charge in [0.05, 0.1) is 6.04 Å².